The van der Waals surface area contributed by atoms with Crippen molar-refractivity contribution in [1.82, 2.24) is 29.7 Å². The first kappa shape index (κ1) is 32.0. The van der Waals surface area contributed by atoms with E-state index in [0.29, 0.717) is 58.5 Å². The summed E-state index contributed by atoms with van der Waals surface area (Å²) in [6, 6.07) is 17.4. The molecule has 47 heavy (non-hydrogen) atoms. The molecule has 3 N–H and O–H groups in total. The third-order valence-corrected chi connectivity index (χ3v) is 9.06. The average Bonchev–Trinajstić information content (AvgIpc) is 3.48. The van der Waals surface area contributed by atoms with Crippen molar-refractivity contribution < 1.29 is 9.53 Å². The quantitative estimate of drug-likeness (QED) is 0.208. The van der Waals surface area contributed by atoms with E-state index >= 15 is 0 Å². The minimum atomic E-state index is -0.422. The van der Waals surface area contributed by atoms with Crippen molar-refractivity contribution in [3.63, 3.8) is 0 Å². The van der Waals surface area contributed by atoms with Gasteiger partial charge in [0.2, 0.25) is 11.8 Å². The van der Waals surface area contributed by atoms with Gasteiger partial charge in [-0.2, -0.15) is 0 Å². The monoisotopic (exact) mass is 653 g/mol. The Hall–Kier alpha value is -5.00. The Morgan fingerprint density at radius 3 is 2.47 bits per heavy atom. The van der Waals surface area contributed by atoms with E-state index in [1.165, 1.54) is 11.6 Å². The smallest absolute Gasteiger partial charge is 0.330 e. The second-order valence-corrected chi connectivity index (χ2v) is 12.2. The second kappa shape index (κ2) is 13.0. The topological polar surface area (TPSA) is 132 Å². The highest BCUT2D eigenvalue weighted by Crippen LogP contribution is 2.40. The zero-order valence-corrected chi connectivity index (χ0v) is 27.7. The summed E-state index contributed by atoms with van der Waals surface area (Å²) >= 11 is 7.10. The molecule has 0 saturated carbocycles. The predicted octanol–water partition coefficient (Wildman–Crippen LogP) is 4.75. The van der Waals surface area contributed by atoms with Crippen molar-refractivity contribution in [1.29, 1.82) is 0 Å². The zero-order valence-electron chi connectivity index (χ0n) is 26.9. The number of rotatable bonds is 9. The van der Waals surface area contributed by atoms with Crippen molar-refractivity contribution in [2.45, 2.75) is 39.3 Å². The molecule has 1 aliphatic rings. The number of methoxy groups -OCH3 is 1. The molecule has 1 saturated heterocycles. The molecule has 0 aliphatic carbocycles. The summed E-state index contributed by atoms with van der Waals surface area (Å²) in [5.41, 5.74) is 6.02. The van der Waals surface area contributed by atoms with Gasteiger partial charge in [0.25, 0.3) is 5.56 Å². The summed E-state index contributed by atoms with van der Waals surface area (Å²) in [4.78, 5) is 46.7. The SMILES string of the molecule is COc1nc(-c2cccc(-c3cccc(Nc4nc(C)cc5c4c(=O)n(C)c(=O)n5C)c3C)c2Cl)ccc1CNC[C@@H]1CCC(=O)N1. The summed E-state index contributed by atoms with van der Waals surface area (Å²) in [6.45, 7) is 5.02. The lowest BCUT2D eigenvalue weighted by molar-refractivity contribution is -0.119. The van der Waals surface area contributed by atoms with E-state index in [0.717, 1.165) is 44.5 Å². The van der Waals surface area contributed by atoms with E-state index in [1.54, 1.807) is 20.2 Å². The number of ether oxygens (including phenoxy) is 1. The lowest BCUT2D eigenvalue weighted by Gasteiger charge is -2.18. The molecule has 4 heterocycles. The highest BCUT2D eigenvalue weighted by molar-refractivity contribution is 6.36. The van der Waals surface area contributed by atoms with Crippen LogP contribution in [0, 0.1) is 13.8 Å². The van der Waals surface area contributed by atoms with Crippen LogP contribution in [0.15, 0.2) is 64.2 Å². The molecule has 0 bridgehead atoms. The van der Waals surface area contributed by atoms with Gasteiger partial charge >= 0.3 is 5.69 Å². The van der Waals surface area contributed by atoms with Crippen molar-refractivity contribution >= 4 is 39.9 Å². The maximum absolute atomic E-state index is 13.2. The number of aryl methyl sites for hydroxylation is 2. The van der Waals surface area contributed by atoms with Crippen LogP contribution in [-0.4, -0.2) is 44.7 Å². The van der Waals surface area contributed by atoms with Crippen LogP contribution in [0.4, 0.5) is 11.5 Å². The van der Waals surface area contributed by atoms with Crippen LogP contribution in [0.1, 0.15) is 29.7 Å². The number of fused-ring (bicyclic) bond motifs is 1. The third-order valence-electron chi connectivity index (χ3n) is 8.66. The number of carbonyl (C=O) groups is 1. The Morgan fingerprint density at radius 1 is 0.979 bits per heavy atom. The van der Waals surface area contributed by atoms with Crippen molar-refractivity contribution in [3.05, 3.63) is 97.3 Å². The number of carbonyl (C=O) groups excluding carboxylic acids is 1. The van der Waals surface area contributed by atoms with Gasteiger partial charge in [-0.15, -0.1) is 0 Å². The van der Waals surface area contributed by atoms with Crippen LogP contribution < -0.4 is 31.9 Å². The fourth-order valence-corrected chi connectivity index (χ4v) is 6.40. The van der Waals surface area contributed by atoms with Crippen LogP contribution in [-0.2, 0) is 25.4 Å². The van der Waals surface area contributed by atoms with Gasteiger partial charge in [0.15, 0.2) is 0 Å². The summed E-state index contributed by atoms with van der Waals surface area (Å²) in [7, 11) is 4.69. The van der Waals surface area contributed by atoms with Crippen LogP contribution in [0.3, 0.4) is 0 Å². The van der Waals surface area contributed by atoms with Gasteiger partial charge in [0.1, 0.15) is 11.2 Å². The molecule has 6 rings (SSSR count). The van der Waals surface area contributed by atoms with E-state index in [9.17, 15) is 14.4 Å². The number of hydrogen-bond acceptors (Lipinski definition) is 8. The molecule has 5 aromatic rings. The van der Waals surface area contributed by atoms with Gasteiger partial charge in [-0.25, -0.2) is 14.8 Å². The number of aromatic nitrogens is 4. The van der Waals surface area contributed by atoms with Crippen LogP contribution in [0.2, 0.25) is 5.02 Å². The van der Waals surface area contributed by atoms with Gasteiger partial charge in [0, 0.05) is 67.7 Å². The number of nitrogens with zero attached hydrogens (tertiary/aromatic N) is 4. The maximum atomic E-state index is 13.2. The van der Waals surface area contributed by atoms with Gasteiger partial charge in [0.05, 0.1) is 23.3 Å². The first-order valence-corrected chi connectivity index (χ1v) is 15.7. The van der Waals surface area contributed by atoms with Gasteiger partial charge in [-0.3, -0.25) is 18.7 Å². The molecule has 0 spiro atoms. The number of pyridine rings is 2. The molecule has 1 atom stereocenters. The number of anilines is 2. The Labute approximate surface area is 276 Å². The summed E-state index contributed by atoms with van der Waals surface area (Å²) in [5, 5.41) is 10.6. The molecule has 12 heteroatoms. The molecule has 0 unspecified atom stereocenters. The molecule has 11 nitrogen and oxygen atoms in total. The van der Waals surface area contributed by atoms with Crippen LogP contribution in [0.5, 0.6) is 5.88 Å². The summed E-state index contributed by atoms with van der Waals surface area (Å²) in [5.74, 6) is 0.960. The zero-order chi connectivity index (χ0) is 33.4. The molecular weight excluding hydrogens is 618 g/mol. The number of nitrogens with one attached hydrogen (secondary N) is 3. The van der Waals surface area contributed by atoms with Gasteiger partial charge in [-0.05, 0) is 49.6 Å². The molecule has 242 valence electrons. The number of halogens is 1. The highest BCUT2D eigenvalue weighted by Gasteiger charge is 2.21. The molecular formula is C35H36ClN7O4. The Kier molecular flexibility index (Phi) is 8.85. The maximum Gasteiger partial charge on any atom is 0.330 e. The third kappa shape index (κ3) is 6.11. The van der Waals surface area contributed by atoms with Crippen molar-refractivity contribution in [3.8, 4) is 28.3 Å². The fraction of sp³-hybridized carbons (Fsp3) is 0.286. The van der Waals surface area contributed by atoms with E-state index in [-0.39, 0.29) is 11.9 Å². The minimum Gasteiger partial charge on any atom is -0.481 e. The average molecular weight is 654 g/mol. The molecule has 1 aliphatic heterocycles. The molecule has 2 aromatic carbocycles. The van der Waals surface area contributed by atoms with E-state index in [1.807, 2.05) is 62.4 Å². The second-order valence-electron chi connectivity index (χ2n) is 11.8. The lowest BCUT2D eigenvalue weighted by atomic mass is 9.96. The highest BCUT2D eigenvalue weighted by atomic mass is 35.5. The largest absolute Gasteiger partial charge is 0.481 e. The normalized spacial score (nSPS) is 14.4. The van der Waals surface area contributed by atoms with Crippen molar-refractivity contribution in [2.75, 3.05) is 19.0 Å². The van der Waals surface area contributed by atoms with E-state index in [2.05, 4.69) is 20.9 Å². The number of benzene rings is 2. The Balaban J connectivity index is 1.31. The Morgan fingerprint density at radius 2 is 1.72 bits per heavy atom. The standard InChI is InChI=1S/C35H36ClN7O4/c1-19-16-28-30(34(45)43(4)35(46)42(28)3)32(38-19)40-26-11-7-8-23(20(26)2)24-9-6-10-25(31(24)36)27-14-12-21(33(41-27)47-5)17-37-18-22-13-15-29(44)39-22/h6-12,14,16,22,37H,13,15,17-18H2,1-5H3,(H,38,40)(H,39,44)/t22-/m0/s1. The Bertz CT molecular complexity index is 2160. The molecule has 0 radical (unpaired) electrons. The number of amides is 1. The van der Waals surface area contributed by atoms with Gasteiger partial charge in [-0.1, -0.05) is 48.0 Å². The number of hydrogen-bond donors (Lipinski definition) is 3. The minimum absolute atomic E-state index is 0.0933. The predicted molar refractivity (Wildman–Crippen MR) is 185 cm³/mol. The molecule has 1 amide bonds. The first-order valence-electron chi connectivity index (χ1n) is 15.3. The van der Waals surface area contributed by atoms with Gasteiger partial charge < -0.3 is 20.7 Å². The van der Waals surface area contributed by atoms with Crippen LogP contribution >= 0.6 is 11.6 Å². The van der Waals surface area contributed by atoms with E-state index in [4.69, 9.17) is 21.3 Å². The van der Waals surface area contributed by atoms with Crippen molar-refractivity contribution in [2.24, 2.45) is 14.1 Å². The summed E-state index contributed by atoms with van der Waals surface area (Å²) in [6.07, 6.45) is 1.40. The lowest BCUT2D eigenvalue weighted by Crippen LogP contribution is -2.37. The summed E-state index contributed by atoms with van der Waals surface area (Å²) < 4.78 is 8.18. The molecule has 3 aromatic heterocycles. The molecule has 1 fully saturated rings. The fourth-order valence-electron chi connectivity index (χ4n) is 6.07. The van der Waals surface area contributed by atoms with E-state index < -0.39 is 11.2 Å². The first-order chi connectivity index (χ1) is 22.6. The van der Waals surface area contributed by atoms with Crippen LogP contribution in [0.25, 0.3) is 33.3 Å².